The summed E-state index contributed by atoms with van der Waals surface area (Å²) in [7, 11) is 0. The molecular formula is C12H18O4. The summed E-state index contributed by atoms with van der Waals surface area (Å²) in [6.45, 7) is 6.01. The molecule has 0 aromatic heterocycles. The van der Waals surface area contributed by atoms with E-state index in [4.69, 9.17) is 5.11 Å². The molecule has 0 rings (SSSR count). The lowest BCUT2D eigenvalue weighted by atomic mass is 10.1. The van der Waals surface area contributed by atoms with Gasteiger partial charge in [0.2, 0.25) is 0 Å². The SMILES string of the molecule is CC(C)=CCCC(C)=CCOC(=O)C(=O)O. The third kappa shape index (κ3) is 7.79. The molecule has 0 radical (unpaired) electrons. The van der Waals surface area contributed by atoms with E-state index in [1.54, 1.807) is 6.08 Å². The fourth-order valence-electron chi connectivity index (χ4n) is 1.01. The van der Waals surface area contributed by atoms with Gasteiger partial charge in [-0.1, -0.05) is 17.2 Å². The average Bonchev–Trinajstić information content (AvgIpc) is 2.16. The van der Waals surface area contributed by atoms with E-state index < -0.39 is 11.9 Å². The molecule has 0 saturated heterocycles. The van der Waals surface area contributed by atoms with E-state index in [1.807, 2.05) is 20.8 Å². The minimum absolute atomic E-state index is 0.0196. The summed E-state index contributed by atoms with van der Waals surface area (Å²) >= 11 is 0. The molecule has 0 aromatic rings. The van der Waals surface area contributed by atoms with Gasteiger partial charge in [-0.3, -0.25) is 0 Å². The molecule has 0 fully saturated rings. The molecular weight excluding hydrogens is 208 g/mol. The minimum atomic E-state index is -1.56. The number of carbonyl (C=O) groups excluding carboxylic acids is 1. The number of ether oxygens (including phenoxy) is 1. The quantitative estimate of drug-likeness (QED) is 0.444. The average molecular weight is 226 g/mol. The van der Waals surface area contributed by atoms with Crippen LogP contribution in [0.15, 0.2) is 23.3 Å². The molecule has 0 aliphatic carbocycles. The topological polar surface area (TPSA) is 63.6 Å². The molecule has 0 saturated carbocycles. The number of hydrogen-bond donors (Lipinski definition) is 1. The smallest absolute Gasteiger partial charge is 0.417 e. The Labute approximate surface area is 95.6 Å². The lowest BCUT2D eigenvalue weighted by molar-refractivity contribution is -0.163. The zero-order chi connectivity index (χ0) is 12.6. The fraction of sp³-hybridized carbons (Fsp3) is 0.500. The molecule has 0 unspecified atom stereocenters. The number of aliphatic carboxylic acids is 1. The molecule has 90 valence electrons. The Morgan fingerprint density at radius 1 is 1.19 bits per heavy atom. The van der Waals surface area contributed by atoms with Crippen LogP contribution >= 0.6 is 0 Å². The molecule has 1 N–H and O–H groups in total. The van der Waals surface area contributed by atoms with Crippen LogP contribution in [0.1, 0.15) is 33.6 Å². The van der Waals surface area contributed by atoms with Crippen LogP contribution in [0.2, 0.25) is 0 Å². The first-order valence-electron chi connectivity index (χ1n) is 5.12. The highest BCUT2D eigenvalue weighted by atomic mass is 16.6. The number of carbonyl (C=O) groups is 2. The van der Waals surface area contributed by atoms with Gasteiger partial charge in [-0.2, -0.15) is 0 Å². The predicted molar refractivity (Wildman–Crippen MR) is 61.0 cm³/mol. The second-order valence-electron chi connectivity index (χ2n) is 3.77. The van der Waals surface area contributed by atoms with Crippen LogP contribution in [-0.2, 0) is 14.3 Å². The van der Waals surface area contributed by atoms with E-state index in [0.29, 0.717) is 0 Å². The zero-order valence-corrected chi connectivity index (χ0v) is 9.95. The maximum absolute atomic E-state index is 10.6. The van der Waals surface area contributed by atoms with Crippen molar-refractivity contribution in [3.8, 4) is 0 Å². The van der Waals surface area contributed by atoms with Crippen molar-refractivity contribution >= 4 is 11.9 Å². The summed E-state index contributed by atoms with van der Waals surface area (Å²) in [4.78, 5) is 20.7. The summed E-state index contributed by atoms with van der Waals surface area (Å²) in [6, 6.07) is 0. The third-order valence-corrected chi connectivity index (χ3v) is 1.91. The molecule has 0 spiro atoms. The largest absolute Gasteiger partial charge is 0.473 e. The maximum atomic E-state index is 10.6. The summed E-state index contributed by atoms with van der Waals surface area (Å²) in [5.74, 6) is -2.77. The van der Waals surface area contributed by atoms with Gasteiger partial charge >= 0.3 is 11.9 Å². The summed E-state index contributed by atoms with van der Waals surface area (Å²) in [6.07, 6.45) is 5.67. The highest BCUT2D eigenvalue weighted by Gasteiger charge is 2.10. The molecule has 0 aromatic carbocycles. The van der Waals surface area contributed by atoms with Gasteiger partial charge in [-0.05, 0) is 39.7 Å². The number of carboxylic acids is 1. The van der Waals surface area contributed by atoms with E-state index in [0.717, 1.165) is 18.4 Å². The van der Waals surface area contributed by atoms with Crippen molar-refractivity contribution in [1.82, 2.24) is 0 Å². The van der Waals surface area contributed by atoms with Crippen LogP contribution in [0.4, 0.5) is 0 Å². The second kappa shape index (κ2) is 7.68. The van der Waals surface area contributed by atoms with Crippen LogP contribution in [0.25, 0.3) is 0 Å². The highest BCUT2D eigenvalue weighted by Crippen LogP contribution is 2.06. The van der Waals surface area contributed by atoms with Crippen molar-refractivity contribution in [2.45, 2.75) is 33.6 Å². The first kappa shape index (κ1) is 14.4. The molecule has 0 bridgehead atoms. The lowest BCUT2D eigenvalue weighted by Crippen LogP contribution is -2.16. The van der Waals surface area contributed by atoms with E-state index in [9.17, 15) is 9.59 Å². The van der Waals surface area contributed by atoms with Gasteiger partial charge in [0.05, 0.1) is 0 Å². The highest BCUT2D eigenvalue weighted by molar-refractivity contribution is 6.28. The molecule has 0 heterocycles. The van der Waals surface area contributed by atoms with Gasteiger partial charge in [0, 0.05) is 0 Å². The Bertz CT molecular complexity index is 309. The Morgan fingerprint density at radius 2 is 1.81 bits per heavy atom. The first-order valence-corrected chi connectivity index (χ1v) is 5.12. The van der Waals surface area contributed by atoms with Gasteiger partial charge in [0.25, 0.3) is 0 Å². The normalized spacial score (nSPS) is 10.8. The number of hydrogen-bond acceptors (Lipinski definition) is 3. The number of esters is 1. The molecule has 0 aliphatic heterocycles. The standard InChI is InChI=1S/C12H18O4/c1-9(2)5-4-6-10(3)7-8-16-12(15)11(13)14/h5,7H,4,6,8H2,1-3H3,(H,13,14). The van der Waals surface area contributed by atoms with Crippen molar-refractivity contribution in [2.75, 3.05) is 6.61 Å². The van der Waals surface area contributed by atoms with E-state index in [-0.39, 0.29) is 6.61 Å². The van der Waals surface area contributed by atoms with Crippen LogP contribution < -0.4 is 0 Å². The molecule has 0 amide bonds. The number of carboxylic acid groups (broad SMARTS) is 1. The summed E-state index contributed by atoms with van der Waals surface area (Å²) in [5.41, 5.74) is 2.35. The van der Waals surface area contributed by atoms with Crippen molar-refractivity contribution in [2.24, 2.45) is 0 Å². The predicted octanol–water partition coefficient (Wildman–Crippen LogP) is 2.31. The minimum Gasteiger partial charge on any atom is -0.473 e. The monoisotopic (exact) mass is 226 g/mol. The Kier molecular flexibility index (Phi) is 6.92. The zero-order valence-electron chi connectivity index (χ0n) is 9.95. The Morgan fingerprint density at radius 3 is 2.31 bits per heavy atom. The van der Waals surface area contributed by atoms with Crippen molar-refractivity contribution in [3.05, 3.63) is 23.3 Å². The van der Waals surface area contributed by atoms with Gasteiger partial charge in [0.15, 0.2) is 0 Å². The van der Waals surface area contributed by atoms with Gasteiger partial charge in [0.1, 0.15) is 6.61 Å². The van der Waals surface area contributed by atoms with Crippen molar-refractivity contribution in [3.63, 3.8) is 0 Å². The molecule has 0 aliphatic rings. The van der Waals surface area contributed by atoms with Gasteiger partial charge in [-0.15, -0.1) is 0 Å². The van der Waals surface area contributed by atoms with E-state index in [1.165, 1.54) is 5.57 Å². The summed E-state index contributed by atoms with van der Waals surface area (Å²) < 4.78 is 4.47. The van der Waals surface area contributed by atoms with Crippen LogP contribution in [0, 0.1) is 0 Å². The van der Waals surface area contributed by atoms with E-state index >= 15 is 0 Å². The number of rotatable bonds is 5. The maximum Gasteiger partial charge on any atom is 0.417 e. The van der Waals surface area contributed by atoms with Crippen LogP contribution in [0.3, 0.4) is 0 Å². The molecule has 0 atom stereocenters. The molecule has 4 nitrogen and oxygen atoms in total. The van der Waals surface area contributed by atoms with E-state index in [2.05, 4.69) is 10.8 Å². The van der Waals surface area contributed by atoms with Crippen molar-refractivity contribution in [1.29, 1.82) is 0 Å². The van der Waals surface area contributed by atoms with Crippen LogP contribution in [-0.4, -0.2) is 23.7 Å². The van der Waals surface area contributed by atoms with Crippen molar-refractivity contribution < 1.29 is 19.4 Å². The second-order valence-corrected chi connectivity index (χ2v) is 3.77. The summed E-state index contributed by atoms with van der Waals surface area (Å²) in [5, 5.41) is 8.25. The first-order chi connectivity index (χ1) is 7.43. The fourth-order valence-corrected chi connectivity index (χ4v) is 1.01. The van der Waals surface area contributed by atoms with Crippen LogP contribution in [0.5, 0.6) is 0 Å². The third-order valence-electron chi connectivity index (χ3n) is 1.91. The molecule has 16 heavy (non-hydrogen) atoms. The lowest BCUT2D eigenvalue weighted by Gasteiger charge is -2.00. The molecule has 4 heteroatoms. The Balaban J connectivity index is 3.83. The Hall–Kier alpha value is -1.58. The van der Waals surface area contributed by atoms with Gasteiger partial charge < -0.3 is 9.84 Å². The number of allylic oxidation sites excluding steroid dienone is 3. The van der Waals surface area contributed by atoms with Gasteiger partial charge in [-0.25, -0.2) is 9.59 Å².